The van der Waals surface area contributed by atoms with Crippen LogP contribution < -0.4 is 25.7 Å². The summed E-state index contributed by atoms with van der Waals surface area (Å²) in [5.41, 5.74) is 13.1. The number of benzene rings is 1. The van der Waals surface area contributed by atoms with E-state index < -0.39 is 0 Å². The maximum atomic E-state index is 13.0. The van der Waals surface area contributed by atoms with E-state index in [0.29, 0.717) is 43.6 Å². The average Bonchev–Trinajstić information content (AvgIpc) is 3.15. The lowest BCUT2D eigenvalue weighted by Gasteiger charge is -2.13. The van der Waals surface area contributed by atoms with Gasteiger partial charge in [-0.25, -0.2) is 0 Å². The van der Waals surface area contributed by atoms with Gasteiger partial charge in [-0.15, -0.1) is 22.7 Å². The highest BCUT2D eigenvalue weighted by Crippen LogP contribution is 2.46. The number of nitrogen functional groups attached to an aromatic ring is 2. The number of carbonyl (C=O) groups excluding carboxylic acids is 1. The Labute approximate surface area is 157 Å². The average molecular weight is 389 g/mol. The van der Waals surface area contributed by atoms with Crippen molar-refractivity contribution < 1.29 is 19.0 Å². The third-order valence-corrected chi connectivity index (χ3v) is 6.26. The van der Waals surface area contributed by atoms with Gasteiger partial charge >= 0.3 is 0 Å². The van der Waals surface area contributed by atoms with Crippen LogP contribution in [0.2, 0.25) is 0 Å². The highest BCUT2D eigenvalue weighted by atomic mass is 32.2. The summed E-state index contributed by atoms with van der Waals surface area (Å²) in [5.74, 6) is 0.861. The maximum Gasteiger partial charge on any atom is 0.205 e. The number of ether oxygens (including phenoxy) is 3. The highest BCUT2D eigenvalue weighted by molar-refractivity contribution is 7.40. The van der Waals surface area contributed by atoms with E-state index in [-0.39, 0.29) is 11.5 Å². The van der Waals surface area contributed by atoms with Crippen LogP contribution in [-0.2, 0) is 0 Å². The van der Waals surface area contributed by atoms with E-state index in [1.165, 1.54) is 44.0 Å². The summed E-state index contributed by atoms with van der Waals surface area (Å²) in [7, 11) is 4.44. The second-order valence-corrected chi connectivity index (χ2v) is 7.51. The van der Waals surface area contributed by atoms with Crippen molar-refractivity contribution in [3.8, 4) is 23.3 Å². The molecule has 0 fully saturated rings. The summed E-state index contributed by atoms with van der Waals surface area (Å²) in [4.78, 5) is 13.8. The van der Waals surface area contributed by atoms with Gasteiger partial charge in [0.1, 0.15) is 15.8 Å². The molecule has 26 heavy (non-hydrogen) atoms. The summed E-state index contributed by atoms with van der Waals surface area (Å²) < 4.78 is 16.6. The molecule has 0 unspecified atom stereocenters. The molecule has 2 heterocycles. The lowest BCUT2D eigenvalue weighted by atomic mass is 10.1. The van der Waals surface area contributed by atoms with Gasteiger partial charge in [0.2, 0.25) is 11.5 Å². The molecule has 0 saturated carbocycles. The molecular weight excluding hydrogens is 374 g/mol. The number of hydrogen-bond donors (Lipinski definition) is 2. The number of carbonyl (C=O) groups is 1. The molecule has 0 aliphatic heterocycles. The van der Waals surface area contributed by atoms with E-state index in [0.717, 1.165) is 4.01 Å². The first kappa shape index (κ1) is 17.8. The van der Waals surface area contributed by atoms with Gasteiger partial charge in [0.25, 0.3) is 0 Å². The van der Waals surface area contributed by atoms with E-state index in [9.17, 15) is 4.79 Å². The number of nitrogens with zero attached hydrogens (tertiary/aromatic N) is 1. The van der Waals surface area contributed by atoms with Crippen LogP contribution in [0, 0.1) is 11.3 Å². The Kier molecular flexibility index (Phi) is 4.63. The minimum Gasteiger partial charge on any atom is -0.493 e. The first-order chi connectivity index (χ1) is 12.5. The summed E-state index contributed by atoms with van der Waals surface area (Å²) in [6, 6.07) is 5.17. The fourth-order valence-corrected chi connectivity index (χ4v) is 4.97. The van der Waals surface area contributed by atoms with Crippen molar-refractivity contribution in [3.05, 3.63) is 27.5 Å². The van der Waals surface area contributed by atoms with Gasteiger partial charge in [-0.3, -0.25) is 4.79 Å². The van der Waals surface area contributed by atoms with Crippen LogP contribution >= 0.6 is 22.7 Å². The molecule has 134 valence electrons. The van der Waals surface area contributed by atoms with Gasteiger partial charge < -0.3 is 25.7 Å². The number of thiophene rings is 2. The quantitative estimate of drug-likeness (QED) is 0.642. The van der Waals surface area contributed by atoms with Crippen LogP contribution in [0.25, 0.3) is 9.40 Å². The molecular formula is C17H15N3O4S2. The van der Waals surface area contributed by atoms with E-state index in [2.05, 4.69) is 0 Å². The third kappa shape index (κ3) is 2.60. The highest BCUT2D eigenvalue weighted by Gasteiger charge is 2.25. The first-order valence-electron chi connectivity index (χ1n) is 7.31. The molecule has 0 saturated heterocycles. The van der Waals surface area contributed by atoms with Crippen LogP contribution in [0.5, 0.6) is 17.2 Å². The smallest absolute Gasteiger partial charge is 0.205 e. The molecule has 1 aromatic carbocycles. The number of ketones is 1. The molecule has 2 aromatic heterocycles. The Balaban J connectivity index is 2.14. The standard InChI is InChI=1S/C17H15N3O4S2/c1-22-8-4-7(5-9(23-2)15(8)24-3)14(21)16-13(20)11-12(19)10(6-18)25-17(11)26-16/h4-5H,19-20H2,1-3H3. The largest absolute Gasteiger partial charge is 0.493 e. The van der Waals surface area contributed by atoms with Gasteiger partial charge in [-0.05, 0) is 12.1 Å². The Morgan fingerprint density at radius 2 is 1.65 bits per heavy atom. The molecule has 0 radical (unpaired) electrons. The lowest BCUT2D eigenvalue weighted by molar-refractivity contribution is 0.104. The molecule has 0 amide bonds. The molecule has 0 aliphatic carbocycles. The Morgan fingerprint density at radius 3 is 2.12 bits per heavy atom. The first-order valence-corrected chi connectivity index (χ1v) is 8.95. The Hall–Kier alpha value is -2.96. The number of nitrogens with two attached hydrogens (primary N) is 2. The van der Waals surface area contributed by atoms with Gasteiger partial charge in [0, 0.05) is 5.56 Å². The van der Waals surface area contributed by atoms with Gasteiger partial charge in [-0.1, -0.05) is 0 Å². The van der Waals surface area contributed by atoms with Crippen molar-refractivity contribution in [2.45, 2.75) is 0 Å². The van der Waals surface area contributed by atoms with Gasteiger partial charge in [0.05, 0.1) is 42.1 Å². The molecule has 3 rings (SSSR count). The summed E-state index contributed by atoms with van der Waals surface area (Å²) >= 11 is 2.44. The number of fused-ring (bicyclic) bond motifs is 1. The molecule has 0 bridgehead atoms. The molecule has 0 spiro atoms. The van der Waals surface area contributed by atoms with Gasteiger partial charge in [-0.2, -0.15) is 5.26 Å². The summed E-state index contributed by atoms with van der Waals surface area (Å²) in [6.45, 7) is 0. The number of methoxy groups -OCH3 is 3. The molecule has 9 heteroatoms. The van der Waals surface area contributed by atoms with E-state index in [1.807, 2.05) is 6.07 Å². The van der Waals surface area contributed by atoms with Gasteiger partial charge in [0.15, 0.2) is 11.5 Å². The van der Waals surface area contributed by atoms with E-state index in [1.54, 1.807) is 12.1 Å². The van der Waals surface area contributed by atoms with Crippen molar-refractivity contribution in [2.75, 3.05) is 32.8 Å². The van der Waals surface area contributed by atoms with Crippen LogP contribution in [0.4, 0.5) is 11.4 Å². The lowest BCUT2D eigenvalue weighted by Crippen LogP contribution is -2.05. The molecule has 0 aliphatic rings. The van der Waals surface area contributed by atoms with E-state index >= 15 is 0 Å². The zero-order chi connectivity index (χ0) is 19.0. The van der Waals surface area contributed by atoms with Crippen molar-refractivity contribution in [3.63, 3.8) is 0 Å². The second-order valence-electron chi connectivity index (χ2n) is 5.21. The monoisotopic (exact) mass is 389 g/mol. The topological polar surface area (TPSA) is 121 Å². The normalized spacial score (nSPS) is 10.5. The van der Waals surface area contributed by atoms with E-state index in [4.69, 9.17) is 30.9 Å². The van der Waals surface area contributed by atoms with Crippen LogP contribution in [0.1, 0.15) is 20.1 Å². The zero-order valence-electron chi connectivity index (χ0n) is 14.2. The molecule has 7 nitrogen and oxygen atoms in total. The maximum absolute atomic E-state index is 13.0. The summed E-state index contributed by atoms with van der Waals surface area (Å²) in [5, 5.41) is 9.65. The molecule has 3 aromatic rings. The number of rotatable bonds is 5. The fourth-order valence-electron chi connectivity index (χ4n) is 2.61. The Bertz CT molecular complexity index is 1040. The number of anilines is 2. The number of nitriles is 1. The van der Waals surface area contributed by atoms with Crippen molar-refractivity contribution >= 4 is 49.2 Å². The van der Waals surface area contributed by atoms with Crippen molar-refractivity contribution in [1.82, 2.24) is 0 Å². The fraction of sp³-hybridized carbons (Fsp3) is 0.176. The third-order valence-electron chi connectivity index (χ3n) is 3.86. The SMILES string of the molecule is COc1cc(C(=O)c2sc3sc(C#N)c(N)c3c2N)cc(OC)c1OC. The number of hydrogen-bond acceptors (Lipinski definition) is 9. The van der Waals surface area contributed by atoms with Crippen molar-refractivity contribution in [2.24, 2.45) is 0 Å². The van der Waals surface area contributed by atoms with Crippen LogP contribution in [0.3, 0.4) is 0 Å². The zero-order valence-corrected chi connectivity index (χ0v) is 15.8. The minimum atomic E-state index is -0.284. The molecule has 0 atom stereocenters. The second kappa shape index (κ2) is 6.74. The molecule has 4 N–H and O–H groups in total. The predicted octanol–water partition coefficient (Wildman–Crippen LogP) is 3.26. The minimum absolute atomic E-state index is 0.277. The van der Waals surface area contributed by atoms with Crippen LogP contribution in [0.15, 0.2) is 12.1 Å². The Morgan fingerprint density at radius 1 is 1.04 bits per heavy atom. The van der Waals surface area contributed by atoms with Crippen LogP contribution in [-0.4, -0.2) is 27.1 Å². The summed E-state index contributed by atoms with van der Waals surface area (Å²) in [6.07, 6.45) is 0. The predicted molar refractivity (Wildman–Crippen MR) is 103 cm³/mol. The van der Waals surface area contributed by atoms with Crippen molar-refractivity contribution in [1.29, 1.82) is 5.26 Å².